The predicted octanol–water partition coefficient (Wildman–Crippen LogP) is 1.25. The largest absolute Gasteiger partial charge is 0.330 e. The monoisotopic (exact) mass is 202 g/mol. The van der Waals surface area contributed by atoms with Crippen LogP contribution in [0.5, 0.6) is 0 Å². The van der Waals surface area contributed by atoms with Gasteiger partial charge in [-0.15, -0.1) is 0 Å². The van der Waals surface area contributed by atoms with Crippen molar-refractivity contribution in [2.75, 3.05) is 0 Å². The molecule has 2 N–H and O–H groups in total. The first-order valence-corrected chi connectivity index (χ1v) is 4.87. The highest BCUT2D eigenvalue weighted by Crippen LogP contribution is 2.18. The van der Waals surface area contributed by atoms with Crippen molar-refractivity contribution in [1.29, 1.82) is 0 Å². The Hall–Kier alpha value is -1.68. The highest BCUT2D eigenvalue weighted by atomic mass is 15.1. The molecule has 2 aromatic rings. The molecular weight excluding hydrogens is 188 g/mol. The molecule has 0 aliphatic heterocycles. The van der Waals surface area contributed by atoms with Crippen LogP contribution in [0.1, 0.15) is 11.4 Å². The second-order valence-corrected chi connectivity index (χ2v) is 3.45. The van der Waals surface area contributed by atoms with E-state index in [4.69, 9.17) is 5.73 Å². The van der Waals surface area contributed by atoms with Crippen molar-refractivity contribution in [3.63, 3.8) is 0 Å². The molecule has 0 saturated heterocycles. The lowest BCUT2D eigenvalue weighted by molar-refractivity contribution is 0.869. The summed E-state index contributed by atoms with van der Waals surface area (Å²) in [5.41, 5.74) is 8.52. The SMILES string of the molecule is Cc1c(CN)nc(-c2ccccn2)n1C. The Balaban J connectivity index is 2.55. The summed E-state index contributed by atoms with van der Waals surface area (Å²) < 4.78 is 2.02. The van der Waals surface area contributed by atoms with E-state index in [1.165, 1.54) is 0 Å². The normalized spacial score (nSPS) is 10.6. The van der Waals surface area contributed by atoms with E-state index in [1.54, 1.807) is 6.20 Å². The minimum absolute atomic E-state index is 0.465. The molecule has 0 aliphatic carbocycles. The van der Waals surface area contributed by atoms with Crippen LogP contribution in [0.2, 0.25) is 0 Å². The lowest BCUT2D eigenvalue weighted by atomic mass is 10.3. The van der Waals surface area contributed by atoms with E-state index >= 15 is 0 Å². The summed E-state index contributed by atoms with van der Waals surface area (Å²) in [6.07, 6.45) is 1.77. The maximum Gasteiger partial charge on any atom is 0.158 e. The van der Waals surface area contributed by atoms with Gasteiger partial charge in [0.2, 0.25) is 0 Å². The summed E-state index contributed by atoms with van der Waals surface area (Å²) in [5.74, 6) is 0.869. The molecule has 0 unspecified atom stereocenters. The van der Waals surface area contributed by atoms with Gasteiger partial charge in [0.25, 0.3) is 0 Å². The molecule has 0 spiro atoms. The van der Waals surface area contributed by atoms with Crippen molar-refractivity contribution in [2.45, 2.75) is 13.5 Å². The van der Waals surface area contributed by atoms with Crippen LogP contribution in [0.25, 0.3) is 11.5 Å². The minimum Gasteiger partial charge on any atom is -0.330 e. The van der Waals surface area contributed by atoms with E-state index < -0.39 is 0 Å². The third-order valence-electron chi connectivity index (χ3n) is 2.57. The number of hydrogen-bond acceptors (Lipinski definition) is 3. The van der Waals surface area contributed by atoms with Gasteiger partial charge in [0.05, 0.1) is 5.69 Å². The van der Waals surface area contributed by atoms with Crippen LogP contribution in [-0.2, 0) is 13.6 Å². The Kier molecular flexibility index (Phi) is 2.51. The van der Waals surface area contributed by atoms with Crippen LogP contribution in [0, 0.1) is 6.92 Å². The fourth-order valence-electron chi connectivity index (χ4n) is 1.55. The zero-order chi connectivity index (χ0) is 10.8. The molecule has 0 aromatic carbocycles. The molecule has 0 fully saturated rings. The van der Waals surface area contributed by atoms with E-state index in [0.29, 0.717) is 6.54 Å². The van der Waals surface area contributed by atoms with Gasteiger partial charge in [0, 0.05) is 25.5 Å². The summed E-state index contributed by atoms with van der Waals surface area (Å²) in [7, 11) is 1.98. The number of imidazole rings is 1. The molecule has 0 amide bonds. The zero-order valence-electron chi connectivity index (χ0n) is 8.94. The van der Waals surface area contributed by atoms with Gasteiger partial charge in [-0.3, -0.25) is 4.98 Å². The number of nitrogens with zero attached hydrogens (tertiary/aromatic N) is 3. The van der Waals surface area contributed by atoms with Gasteiger partial charge in [0.1, 0.15) is 5.69 Å². The summed E-state index contributed by atoms with van der Waals surface area (Å²) in [6.45, 7) is 2.48. The van der Waals surface area contributed by atoms with E-state index in [0.717, 1.165) is 22.9 Å². The van der Waals surface area contributed by atoms with Crippen molar-refractivity contribution in [3.8, 4) is 11.5 Å². The highest BCUT2D eigenvalue weighted by molar-refractivity contribution is 5.51. The fraction of sp³-hybridized carbons (Fsp3) is 0.273. The molecule has 0 atom stereocenters. The van der Waals surface area contributed by atoms with Crippen LogP contribution in [-0.4, -0.2) is 14.5 Å². The smallest absolute Gasteiger partial charge is 0.158 e. The number of hydrogen-bond donors (Lipinski definition) is 1. The Labute approximate surface area is 88.8 Å². The number of aromatic nitrogens is 3. The Morgan fingerprint density at radius 1 is 1.40 bits per heavy atom. The van der Waals surface area contributed by atoms with E-state index in [2.05, 4.69) is 9.97 Å². The molecule has 2 aromatic heterocycles. The van der Waals surface area contributed by atoms with E-state index in [-0.39, 0.29) is 0 Å². The van der Waals surface area contributed by atoms with Gasteiger partial charge >= 0.3 is 0 Å². The first-order valence-electron chi connectivity index (χ1n) is 4.87. The maximum atomic E-state index is 5.61. The molecule has 15 heavy (non-hydrogen) atoms. The van der Waals surface area contributed by atoms with Crippen molar-refractivity contribution in [3.05, 3.63) is 35.8 Å². The van der Waals surface area contributed by atoms with Gasteiger partial charge in [-0.2, -0.15) is 0 Å². The van der Waals surface area contributed by atoms with Crippen LogP contribution >= 0.6 is 0 Å². The second kappa shape index (κ2) is 3.82. The molecule has 0 bridgehead atoms. The molecule has 2 rings (SSSR count). The predicted molar refractivity (Wildman–Crippen MR) is 59.1 cm³/mol. The van der Waals surface area contributed by atoms with Crippen molar-refractivity contribution >= 4 is 0 Å². The zero-order valence-corrected chi connectivity index (χ0v) is 8.94. The molecule has 0 aliphatic rings. The first-order chi connectivity index (χ1) is 7.24. The first kappa shape index (κ1) is 9.86. The van der Waals surface area contributed by atoms with Crippen molar-refractivity contribution < 1.29 is 0 Å². The van der Waals surface area contributed by atoms with Gasteiger partial charge in [-0.1, -0.05) is 6.07 Å². The quantitative estimate of drug-likeness (QED) is 0.797. The second-order valence-electron chi connectivity index (χ2n) is 3.45. The molecule has 4 heteroatoms. The Morgan fingerprint density at radius 2 is 2.20 bits per heavy atom. The van der Waals surface area contributed by atoms with Gasteiger partial charge in [-0.05, 0) is 19.1 Å². The molecule has 4 nitrogen and oxygen atoms in total. The van der Waals surface area contributed by atoms with Gasteiger partial charge < -0.3 is 10.3 Å². The Bertz CT molecular complexity index is 459. The maximum absolute atomic E-state index is 5.61. The molecule has 2 heterocycles. The average Bonchev–Trinajstić information content (AvgIpc) is 2.57. The van der Waals surface area contributed by atoms with Crippen molar-refractivity contribution in [2.24, 2.45) is 12.8 Å². The van der Waals surface area contributed by atoms with Gasteiger partial charge in [-0.25, -0.2) is 4.98 Å². The average molecular weight is 202 g/mol. The summed E-state index contributed by atoms with van der Waals surface area (Å²) in [6, 6.07) is 5.79. The van der Waals surface area contributed by atoms with Crippen LogP contribution < -0.4 is 5.73 Å². The van der Waals surface area contributed by atoms with Crippen LogP contribution in [0.15, 0.2) is 24.4 Å². The number of pyridine rings is 1. The third-order valence-corrected chi connectivity index (χ3v) is 2.57. The third kappa shape index (κ3) is 1.64. The summed E-state index contributed by atoms with van der Waals surface area (Å²) in [4.78, 5) is 8.75. The Morgan fingerprint density at radius 3 is 2.73 bits per heavy atom. The van der Waals surface area contributed by atoms with Crippen LogP contribution in [0.4, 0.5) is 0 Å². The summed E-state index contributed by atoms with van der Waals surface area (Å²) in [5, 5.41) is 0. The lowest BCUT2D eigenvalue weighted by Gasteiger charge is -2.01. The standard InChI is InChI=1S/C11H14N4/c1-8-10(7-12)14-11(15(8)2)9-5-3-4-6-13-9/h3-6H,7,12H2,1-2H3. The van der Waals surface area contributed by atoms with Gasteiger partial charge in [0.15, 0.2) is 5.82 Å². The highest BCUT2D eigenvalue weighted by Gasteiger charge is 2.11. The van der Waals surface area contributed by atoms with Crippen LogP contribution in [0.3, 0.4) is 0 Å². The molecule has 0 saturated carbocycles. The molecule has 0 radical (unpaired) electrons. The molecular formula is C11H14N4. The van der Waals surface area contributed by atoms with Crippen molar-refractivity contribution in [1.82, 2.24) is 14.5 Å². The number of rotatable bonds is 2. The minimum atomic E-state index is 0.465. The lowest BCUT2D eigenvalue weighted by Crippen LogP contribution is -1.99. The topological polar surface area (TPSA) is 56.7 Å². The van der Waals surface area contributed by atoms with E-state index in [9.17, 15) is 0 Å². The molecule has 78 valence electrons. The van der Waals surface area contributed by atoms with E-state index in [1.807, 2.05) is 36.7 Å². The number of nitrogens with two attached hydrogens (primary N) is 1. The summed E-state index contributed by atoms with van der Waals surface area (Å²) >= 11 is 0. The fourth-order valence-corrected chi connectivity index (χ4v) is 1.55.